The summed E-state index contributed by atoms with van der Waals surface area (Å²) in [7, 11) is 0. The van der Waals surface area contributed by atoms with Crippen LogP contribution in [0, 0.1) is 0 Å². The molecule has 0 aliphatic rings. The van der Waals surface area contributed by atoms with E-state index in [1.807, 2.05) is 0 Å². The molecule has 0 unspecified atom stereocenters. The fraction of sp³-hybridized carbons (Fsp3) is 0.632. The first-order chi connectivity index (χ1) is 18.9. The van der Waals surface area contributed by atoms with Crippen LogP contribution in [-0.4, -0.2) is 0 Å². The first-order valence-electron chi connectivity index (χ1n) is 16.8. The van der Waals surface area contributed by atoms with Crippen LogP contribution in [0.1, 0.15) is 153 Å². The van der Waals surface area contributed by atoms with Crippen LogP contribution in [0.15, 0.2) is 48.5 Å². The van der Waals surface area contributed by atoms with Crippen molar-refractivity contribution in [3.63, 3.8) is 0 Å². The molecule has 0 nitrogen and oxygen atoms in total. The third-order valence-corrected chi connectivity index (χ3v) is 8.72. The Hall–Kier alpha value is -1.82. The van der Waals surface area contributed by atoms with E-state index in [0.717, 1.165) is 0 Å². The molecule has 0 aliphatic heterocycles. The van der Waals surface area contributed by atoms with E-state index >= 15 is 0 Å². The van der Waals surface area contributed by atoms with Crippen molar-refractivity contribution in [3.8, 4) is 0 Å². The van der Waals surface area contributed by atoms with Gasteiger partial charge in [0.25, 0.3) is 0 Å². The van der Waals surface area contributed by atoms with Gasteiger partial charge < -0.3 is 0 Å². The second kappa shape index (κ2) is 19.3. The summed E-state index contributed by atoms with van der Waals surface area (Å²) < 4.78 is 0. The Morgan fingerprint density at radius 2 is 0.553 bits per heavy atom. The van der Waals surface area contributed by atoms with Crippen LogP contribution in [0.3, 0.4) is 0 Å². The fourth-order valence-electron chi connectivity index (χ4n) is 6.43. The first kappa shape index (κ1) is 30.7. The molecular formula is C38H58. The van der Waals surface area contributed by atoms with Gasteiger partial charge in [0.1, 0.15) is 0 Å². The molecule has 3 aromatic rings. The summed E-state index contributed by atoms with van der Waals surface area (Å²) >= 11 is 0. The van der Waals surface area contributed by atoms with Gasteiger partial charge in [-0.1, -0.05) is 178 Å². The van der Waals surface area contributed by atoms with Crippen molar-refractivity contribution in [1.29, 1.82) is 0 Å². The second-order valence-electron chi connectivity index (χ2n) is 11.9. The Labute approximate surface area is 236 Å². The monoisotopic (exact) mass is 514 g/mol. The predicted octanol–water partition coefficient (Wildman–Crippen LogP) is 12.9. The normalized spacial score (nSPS) is 11.6. The quantitative estimate of drug-likeness (QED) is 0.0923. The Kier molecular flexibility index (Phi) is 15.6. The van der Waals surface area contributed by atoms with Crippen LogP contribution in [-0.2, 0) is 12.8 Å². The second-order valence-corrected chi connectivity index (χ2v) is 11.9. The molecule has 210 valence electrons. The minimum absolute atomic E-state index is 1.22. The zero-order valence-corrected chi connectivity index (χ0v) is 25.2. The van der Waals surface area contributed by atoms with Gasteiger partial charge in [0.15, 0.2) is 0 Å². The van der Waals surface area contributed by atoms with Gasteiger partial charge in [-0.05, 0) is 58.4 Å². The minimum atomic E-state index is 1.22. The van der Waals surface area contributed by atoms with E-state index in [2.05, 4.69) is 62.4 Å². The van der Waals surface area contributed by atoms with Crippen LogP contribution >= 0.6 is 0 Å². The number of rotatable bonds is 22. The molecule has 0 heterocycles. The first-order valence-corrected chi connectivity index (χ1v) is 16.8. The third-order valence-electron chi connectivity index (χ3n) is 8.72. The number of fused-ring (bicyclic) bond motifs is 2. The zero-order valence-electron chi connectivity index (χ0n) is 25.2. The molecule has 38 heavy (non-hydrogen) atoms. The Bertz CT molecular complexity index is 874. The third kappa shape index (κ3) is 10.4. The summed E-state index contributed by atoms with van der Waals surface area (Å²) in [5, 5.41) is 6.07. The molecule has 0 heteroatoms. The summed E-state index contributed by atoms with van der Waals surface area (Å²) in [4.78, 5) is 0. The summed E-state index contributed by atoms with van der Waals surface area (Å²) in [6.45, 7) is 4.61. The molecule has 0 aromatic heterocycles. The molecule has 0 saturated heterocycles. The number of benzene rings is 3. The SMILES string of the molecule is CCCCCCCCCCCCc1c2ccccc2c(CCCCCCCCCCCC)c2ccccc12. The fourth-order valence-corrected chi connectivity index (χ4v) is 6.43. The van der Waals surface area contributed by atoms with Crippen LogP contribution in [0.4, 0.5) is 0 Å². The van der Waals surface area contributed by atoms with E-state index in [1.165, 1.54) is 163 Å². The Balaban J connectivity index is 1.52. The highest BCUT2D eigenvalue weighted by Crippen LogP contribution is 2.35. The van der Waals surface area contributed by atoms with E-state index < -0.39 is 0 Å². The van der Waals surface area contributed by atoms with Gasteiger partial charge in [-0.3, -0.25) is 0 Å². The zero-order chi connectivity index (χ0) is 26.7. The lowest BCUT2D eigenvalue weighted by Gasteiger charge is -2.17. The van der Waals surface area contributed by atoms with Crippen LogP contribution in [0.5, 0.6) is 0 Å². The highest BCUT2D eigenvalue weighted by Gasteiger charge is 2.13. The van der Waals surface area contributed by atoms with Gasteiger partial charge >= 0.3 is 0 Å². The van der Waals surface area contributed by atoms with Gasteiger partial charge in [0.2, 0.25) is 0 Å². The number of hydrogen-bond donors (Lipinski definition) is 0. The molecule has 3 aromatic carbocycles. The molecule has 0 radical (unpaired) electrons. The standard InChI is InChI=1S/C38H58/c1-3-5-7-9-11-13-15-17-19-21-27-33-35-29-23-25-31-37(35)34(38-32-26-24-30-36(33)38)28-22-20-18-16-14-12-10-8-6-4-2/h23-26,29-32H,3-22,27-28H2,1-2H3. The lowest BCUT2D eigenvalue weighted by Crippen LogP contribution is -1.97. The van der Waals surface area contributed by atoms with Crippen LogP contribution in [0.2, 0.25) is 0 Å². The van der Waals surface area contributed by atoms with Crippen LogP contribution in [0.25, 0.3) is 21.5 Å². The molecule has 0 fully saturated rings. The average molecular weight is 515 g/mol. The van der Waals surface area contributed by atoms with Gasteiger partial charge in [0.05, 0.1) is 0 Å². The van der Waals surface area contributed by atoms with Crippen molar-refractivity contribution in [2.24, 2.45) is 0 Å². The van der Waals surface area contributed by atoms with E-state index in [0.29, 0.717) is 0 Å². The maximum Gasteiger partial charge on any atom is -0.0143 e. The summed E-state index contributed by atoms with van der Waals surface area (Å²) in [5.41, 5.74) is 3.20. The highest BCUT2D eigenvalue weighted by molar-refractivity contribution is 6.05. The van der Waals surface area contributed by atoms with Gasteiger partial charge in [-0.15, -0.1) is 0 Å². The Morgan fingerprint density at radius 1 is 0.316 bits per heavy atom. The maximum absolute atomic E-state index is 2.40. The van der Waals surface area contributed by atoms with Crippen molar-refractivity contribution in [2.75, 3.05) is 0 Å². The van der Waals surface area contributed by atoms with E-state index in [9.17, 15) is 0 Å². The molecule has 0 amide bonds. The molecular weight excluding hydrogens is 456 g/mol. The lowest BCUT2D eigenvalue weighted by atomic mass is 9.87. The summed E-state index contributed by atoms with van der Waals surface area (Å²) in [5.74, 6) is 0. The summed E-state index contributed by atoms with van der Waals surface area (Å²) in [6, 6.07) is 18.6. The van der Waals surface area contributed by atoms with Crippen molar-refractivity contribution in [1.82, 2.24) is 0 Å². The predicted molar refractivity (Wildman–Crippen MR) is 173 cm³/mol. The molecule has 0 atom stereocenters. The lowest BCUT2D eigenvalue weighted by molar-refractivity contribution is 0.556. The van der Waals surface area contributed by atoms with Crippen molar-refractivity contribution in [2.45, 2.75) is 155 Å². The number of hydrogen-bond acceptors (Lipinski definition) is 0. The van der Waals surface area contributed by atoms with E-state index in [1.54, 1.807) is 11.1 Å². The topological polar surface area (TPSA) is 0 Å². The minimum Gasteiger partial charge on any atom is -0.0654 e. The molecule has 0 bridgehead atoms. The van der Waals surface area contributed by atoms with Gasteiger partial charge in [-0.2, -0.15) is 0 Å². The molecule has 0 aliphatic carbocycles. The molecule has 0 spiro atoms. The van der Waals surface area contributed by atoms with Crippen LogP contribution < -0.4 is 0 Å². The highest BCUT2D eigenvalue weighted by atomic mass is 14.2. The number of aryl methyl sites for hydroxylation is 2. The molecule has 0 N–H and O–H groups in total. The number of unbranched alkanes of at least 4 members (excludes halogenated alkanes) is 18. The Morgan fingerprint density at radius 3 is 0.816 bits per heavy atom. The van der Waals surface area contributed by atoms with Gasteiger partial charge in [-0.25, -0.2) is 0 Å². The average Bonchev–Trinajstić information content (AvgIpc) is 2.95. The maximum atomic E-state index is 2.40. The van der Waals surface area contributed by atoms with E-state index in [4.69, 9.17) is 0 Å². The van der Waals surface area contributed by atoms with Crippen molar-refractivity contribution < 1.29 is 0 Å². The summed E-state index contributed by atoms with van der Waals surface area (Å²) in [6.07, 6.45) is 30.5. The largest absolute Gasteiger partial charge is 0.0654 e. The van der Waals surface area contributed by atoms with Gasteiger partial charge in [0, 0.05) is 0 Å². The molecule has 0 saturated carbocycles. The van der Waals surface area contributed by atoms with Crippen molar-refractivity contribution >= 4 is 21.5 Å². The van der Waals surface area contributed by atoms with Crippen molar-refractivity contribution in [3.05, 3.63) is 59.7 Å². The van der Waals surface area contributed by atoms with E-state index in [-0.39, 0.29) is 0 Å². The molecule has 3 rings (SSSR count). The smallest absolute Gasteiger partial charge is 0.0143 e.